The molecule has 0 aromatic heterocycles. The van der Waals surface area contributed by atoms with Crippen molar-refractivity contribution in [1.82, 2.24) is 4.90 Å². The summed E-state index contributed by atoms with van der Waals surface area (Å²) < 4.78 is 13.8. The van der Waals surface area contributed by atoms with E-state index in [4.69, 9.17) is 0 Å². The number of carbonyl (C=O) groups excluding carboxylic acids is 2. The Morgan fingerprint density at radius 2 is 1.89 bits per heavy atom. The minimum atomic E-state index is -0.560. The molecule has 2 rings (SSSR count). The standard InChI is InChI=1S/C14H17FN2O2/c1-10(2)16-9-5-8-13(18)17(14(16)19)12-7-4-3-6-11(12)15/h3-4,6-7,10H,5,8-9H2,1-2H3. The van der Waals surface area contributed by atoms with E-state index in [-0.39, 0.29) is 24.1 Å². The molecular formula is C14H17FN2O2. The monoisotopic (exact) mass is 264 g/mol. The Morgan fingerprint density at radius 1 is 1.21 bits per heavy atom. The first-order chi connectivity index (χ1) is 9.02. The molecular weight excluding hydrogens is 247 g/mol. The zero-order valence-corrected chi connectivity index (χ0v) is 11.1. The van der Waals surface area contributed by atoms with Gasteiger partial charge in [-0.2, -0.15) is 0 Å². The molecule has 0 unspecified atom stereocenters. The van der Waals surface area contributed by atoms with Crippen LogP contribution in [0.4, 0.5) is 14.9 Å². The summed E-state index contributed by atoms with van der Waals surface area (Å²) in [7, 11) is 0. The number of halogens is 1. The summed E-state index contributed by atoms with van der Waals surface area (Å²) in [5.41, 5.74) is 0.0325. The van der Waals surface area contributed by atoms with Gasteiger partial charge >= 0.3 is 6.03 Å². The summed E-state index contributed by atoms with van der Waals surface area (Å²) in [4.78, 5) is 27.0. The van der Waals surface area contributed by atoms with Gasteiger partial charge in [0.2, 0.25) is 5.91 Å². The second-order valence-corrected chi connectivity index (χ2v) is 4.85. The molecule has 0 N–H and O–H groups in total. The van der Waals surface area contributed by atoms with E-state index in [1.165, 1.54) is 18.2 Å². The van der Waals surface area contributed by atoms with Gasteiger partial charge in [-0.25, -0.2) is 14.1 Å². The quantitative estimate of drug-likeness (QED) is 0.824. The highest BCUT2D eigenvalue weighted by atomic mass is 19.1. The number of hydrogen-bond acceptors (Lipinski definition) is 2. The van der Waals surface area contributed by atoms with E-state index in [1.807, 2.05) is 13.8 Å². The number of rotatable bonds is 2. The van der Waals surface area contributed by atoms with Crippen LogP contribution in [0.3, 0.4) is 0 Å². The van der Waals surface area contributed by atoms with Gasteiger partial charge in [-0.05, 0) is 32.4 Å². The second-order valence-electron chi connectivity index (χ2n) is 4.85. The Labute approximate surface area is 111 Å². The van der Waals surface area contributed by atoms with E-state index in [2.05, 4.69) is 0 Å². The van der Waals surface area contributed by atoms with Crippen LogP contribution in [0, 0.1) is 5.82 Å². The van der Waals surface area contributed by atoms with Gasteiger partial charge in [0.15, 0.2) is 0 Å². The fourth-order valence-corrected chi connectivity index (χ4v) is 2.19. The van der Waals surface area contributed by atoms with Crippen molar-refractivity contribution in [3.8, 4) is 0 Å². The predicted molar refractivity (Wildman–Crippen MR) is 70.4 cm³/mol. The highest BCUT2D eigenvalue weighted by molar-refractivity contribution is 6.14. The number of amides is 3. The zero-order valence-electron chi connectivity index (χ0n) is 11.1. The number of para-hydroxylation sites is 1. The number of imide groups is 1. The van der Waals surface area contributed by atoms with Crippen LogP contribution in [-0.4, -0.2) is 29.4 Å². The van der Waals surface area contributed by atoms with Crippen molar-refractivity contribution in [3.05, 3.63) is 30.1 Å². The maximum atomic E-state index is 13.8. The number of hydrogen-bond donors (Lipinski definition) is 0. The lowest BCUT2D eigenvalue weighted by atomic mass is 10.2. The van der Waals surface area contributed by atoms with Gasteiger partial charge in [0.05, 0.1) is 5.69 Å². The molecule has 1 aromatic carbocycles. The van der Waals surface area contributed by atoms with Crippen molar-refractivity contribution in [3.63, 3.8) is 0 Å². The van der Waals surface area contributed by atoms with E-state index < -0.39 is 11.8 Å². The van der Waals surface area contributed by atoms with E-state index in [9.17, 15) is 14.0 Å². The summed E-state index contributed by atoms with van der Waals surface area (Å²) in [6.45, 7) is 4.29. The highest BCUT2D eigenvalue weighted by Crippen LogP contribution is 2.24. The zero-order chi connectivity index (χ0) is 14.0. The first kappa shape index (κ1) is 13.5. The molecule has 1 aromatic rings. The Kier molecular flexibility index (Phi) is 3.83. The summed E-state index contributed by atoms with van der Waals surface area (Å²) >= 11 is 0. The molecule has 1 heterocycles. The normalized spacial score (nSPS) is 17.1. The summed E-state index contributed by atoms with van der Waals surface area (Å²) in [6.07, 6.45) is 0.858. The summed E-state index contributed by atoms with van der Waals surface area (Å²) in [6, 6.07) is 5.39. The van der Waals surface area contributed by atoms with Crippen LogP contribution in [0.1, 0.15) is 26.7 Å². The molecule has 0 spiro atoms. The maximum absolute atomic E-state index is 13.8. The van der Waals surface area contributed by atoms with Gasteiger partial charge in [-0.15, -0.1) is 0 Å². The molecule has 5 heteroatoms. The van der Waals surface area contributed by atoms with E-state index >= 15 is 0 Å². The first-order valence-corrected chi connectivity index (χ1v) is 6.40. The first-order valence-electron chi connectivity index (χ1n) is 6.40. The molecule has 0 bridgehead atoms. The van der Waals surface area contributed by atoms with Crippen molar-refractivity contribution in [1.29, 1.82) is 0 Å². The predicted octanol–water partition coefficient (Wildman–Crippen LogP) is 2.78. The molecule has 102 valence electrons. The van der Waals surface area contributed by atoms with E-state index in [0.717, 1.165) is 4.90 Å². The van der Waals surface area contributed by atoms with Crippen LogP contribution >= 0.6 is 0 Å². The van der Waals surface area contributed by atoms with Gasteiger partial charge in [-0.3, -0.25) is 4.79 Å². The highest BCUT2D eigenvalue weighted by Gasteiger charge is 2.33. The van der Waals surface area contributed by atoms with Crippen LogP contribution in [0.15, 0.2) is 24.3 Å². The molecule has 1 fully saturated rings. The summed E-state index contributed by atoms with van der Waals surface area (Å²) in [5, 5.41) is 0. The number of benzene rings is 1. The minimum absolute atomic E-state index is 0.0207. The van der Waals surface area contributed by atoms with Crippen molar-refractivity contribution in [2.45, 2.75) is 32.7 Å². The fraction of sp³-hybridized carbons (Fsp3) is 0.429. The Bertz CT molecular complexity index is 502. The van der Waals surface area contributed by atoms with Crippen LogP contribution in [0.25, 0.3) is 0 Å². The van der Waals surface area contributed by atoms with E-state index in [1.54, 1.807) is 11.0 Å². The molecule has 0 aliphatic carbocycles. The van der Waals surface area contributed by atoms with Gasteiger partial charge in [0, 0.05) is 19.0 Å². The lowest BCUT2D eigenvalue weighted by molar-refractivity contribution is -0.117. The molecule has 0 atom stereocenters. The number of anilines is 1. The maximum Gasteiger partial charge on any atom is 0.331 e. The lowest BCUT2D eigenvalue weighted by Crippen LogP contribution is -2.47. The third kappa shape index (κ3) is 2.59. The fourth-order valence-electron chi connectivity index (χ4n) is 2.19. The summed E-state index contributed by atoms with van der Waals surface area (Å²) in [5.74, 6) is -0.909. The molecule has 1 saturated heterocycles. The van der Waals surface area contributed by atoms with Crippen molar-refractivity contribution in [2.75, 3.05) is 11.4 Å². The van der Waals surface area contributed by atoms with Gasteiger partial charge in [0.1, 0.15) is 5.82 Å². The van der Waals surface area contributed by atoms with Crippen LogP contribution in [0.5, 0.6) is 0 Å². The SMILES string of the molecule is CC(C)N1CCCC(=O)N(c2ccccc2F)C1=O. The van der Waals surface area contributed by atoms with E-state index in [0.29, 0.717) is 13.0 Å². The van der Waals surface area contributed by atoms with Crippen molar-refractivity contribution < 1.29 is 14.0 Å². The largest absolute Gasteiger partial charge is 0.331 e. The molecule has 3 amide bonds. The number of carbonyl (C=O) groups is 2. The molecule has 1 aliphatic heterocycles. The van der Waals surface area contributed by atoms with Crippen LogP contribution < -0.4 is 4.90 Å². The number of nitrogens with zero attached hydrogens (tertiary/aromatic N) is 2. The average Bonchev–Trinajstić information content (AvgIpc) is 2.50. The topological polar surface area (TPSA) is 40.6 Å². The number of urea groups is 1. The van der Waals surface area contributed by atoms with Gasteiger partial charge in [-0.1, -0.05) is 12.1 Å². The molecule has 0 radical (unpaired) electrons. The Morgan fingerprint density at radius 3 is 2.53 bits per heavy atom. The molecule has 0 saturated carbocycles. The Hall–Kier alpha value is -1.91. The minimum Gasteiger partial charge on any atom is -0.322 e. The van der Waals surface area contributed by atoms with Crippen LogP contribution in [-0.2, 0) is 4.79 Å². The van der Waals surface area contributed by atoms with Gasteiger partial charge < -0.3 is 4.90 Å². The second kappa shape index (κ2) is 5.38. The Balaban J connectivity index is 2.42. The van der Waals surface area contributed by atoms with Gasteiger partial charge in [0.25, 0.3) is 0 Å². The van der Waals surface area contributed by atoms with Crippen molar-refractivity contribution >= 4 is 17.6 Å². The molecule has 4 nitrogen and oxygen atoms in total. The average molecular weight is 264 g/mol. The molecule has 1 aliphatic rings. The van der Waals surface area contributed by atoms with Crippen LogP contribution in [0.2, 0.25) is 0 Å². The lowest BCUT2D eigenvalue weighted by Gasteiger charge is -2.29. The third-order valence-electron chi connectivity index (χ3n) is 3.19. The third-order valence-corrected chi connectivity index (χ3v) is 3.19. The molecule has 19 heavy (non-hydrogen) atoms. The smallest absolute Gasteiger partial charge is 0.322 e. The van der Waals surface area contributed by atoms with Crippen molar-refractivity contribution in [2.24, 2.45) is 0 Å².